The van der Waals surface area contributed by atoms with E-state index in [4.69, 9.17) is 0 Å². The van der Waals surface area contributed by atoms with Gasteiger partial charge in [-0.1, -0.05) is 38.5 Å². The normalized spacial score (nSPS) is 27.3. The SMILES string of the molecule is O=C(NCCCC(=O)N1CCCC2CCCCC21)NC1CCCCCC1. The second-order valence-electron chi connectivity index (χ2n) is 8.53. The van der Waals surface area contributed by atoms with Crippen molar-refractivity contribution in [1.82, 2.24) is 15.5 Å². The Bertz CT molecular complexity index is 458. The molecule has 2 unspecified atom stereocenters. The molecule has 26 heavy (non-hydrogen) atoms. The number of urea groups is 1. The van der Waals surface area contributed by atoms with Gasteiger partial charge >= 0.3 is 6.03 Å². The molecule has 5 nitrogen and oxygen atoms in total. The van der Waals surface area contributed by atoms with Crippen molar-refractivity contribution in [1.29, 1.82) is 0 Å². The number of amides is 3. The van der Waals surface area contributed by atoms with Crippen molar-refractivity contribution in [2.24, 2.45) is 5.92 Å². The number of piperidine rings is 1. The van der Waals surface area contributed by atoms with Gasteiger partial charge in [0.25, 0.3) is 0 Å². The molecule has 0 aromatic rings. The Kier molecular flexibility index (Phi) is 7.63. The molecule has 2 atom stereocenters. The molecule has 1 aliphatic heterocycles. The highest BCUT2D eigenvalue weighted by Gasteiger charge is 2.35. The topological polar surface area (TPSA) is 61.4 Å². The maximum atomic E-state index is 12.7. The van der Waals surface area contributed by atoms with Crippen LogP contribution in [0, 0.1) is 5.92 Å². The first-order valence-electron chi connectivity index (χ1n) is 11.1. The van der Waals surface area contributed by atoms with E-state index in [1.54, 1.807) is 0 Å². The summed E-state index contributed by atoms with van der Waals surface area (Å²) < 4.78 is 0. The first-order chi connectivity index (χ1) is 12.7. The zero-order valence-electron chi connectivity index (χ0n) is 16.3. The van der Waals surface area contributed by atoms with Crippen LogP contribution >= 0.6 is 0 Å². The summed E-state index contributed by atoms with van der Waals surface area (Å²) in [5.41, 5.74) is 0. The Labute approximate surface area is 158 Å². The zero-order valence-corrected chi connectivity index (χ0v) is 16.3. The second kappa shape index (κ2) is 10.2. The van der Waals surface area contributed by atoms with Crippen molar-refractivity contribution in [3.63, 3.8) is 0 Å². The van der Waals surface area contributed by atoms with Gasteiger partial charge in [-0.25, -0.2) is 4.79 Å². The fourth-order valence-electron chi connectivity index (χ4n) is 5.18. The number of nitrogens with zero attached hydrogens (tertiary/aromatic N) is 1. The molecule has 1 heterocycles. The van der Waals surface area contributed by atoms with Gasteiger partial charge in [-0.3, -0.25) is 4.79 Å². The number of carbonyl (C=O) groups excluding carboxylic acids is 2. The monoisotopic (exact) mass is 363 g/mol. The molecule has 2 N–H and O–H groups in total. The molecule has 0 aromatic heterocycles. The minimum absolute atomic E-state index is 0.0605. The molecule has 2 aliphatic carbocycles. The maximum absolute atomic E-state index is 12.7. The summed E-state index contributed by atoms with van der Waals surface area (Å²) in [7, 11) is 0. The van der Waals surface area contributed by atoms with Gasteiger partial charge in [-0.05, 0) is 50.9 Å². The Hall–Kier alpha value is -1.26. The van der Waals surface area contributed by atoms with Crippen LogP contribution in [0.25, 0.3) is 0 Å². The Morgan fingerprint density at radius 3 is 2.35 bits per heavy atom. The maximum Gasteiger partial charge on any atom is 0.315 e. The quantitative estimate of drug-likeness (QED) is 0.573. The van der Waals surface area contributed by atoms with Crippen LogP contribution in [-0.2, 0) is 4.79 Å². The zero-order chi connectivity index (χ0) is 18.2. The van der Waals surface area contributed by atoms with Crippen molar-refractivity contribution in [2.45, 2.75) is 102 Å². The predicted molar refractivity (Wildman–Crippen MR) is 104 cm³/mol. The van der Waals surface area contributed by atoms with E-state index in [-0.39, 0.29) is 6.03 Å². The van der Waals surface area contributed by atoms with Gasteiger partial charge in [0.2, 0.25) is 5.91 Å². The first-order valence-corrected chi connectivity index (χ1v) is 11.1. The van der Waals surface area contributed by atoms with Crippen molar-refractivity contribution in [3.05, 3.63) is 0 Å². The summed E-state index contributed by atoms with van der Waals surface area (Å²) in [6.45, 7) is 1.53. The molecule has 3 fully saturated rings. The van der Waals surface area contributed by atoms with Crippen molar-refractivity contribution in [3.8, 4) is 0 Å². The summed E-state index contributed by atoms with van der Waals surface area (Å²) in [6, 6.07) is 0.766. The third kappa shape index (κ3) is 5.62. The lowest BCUT2D eigenvalue weighted by Crippen LogP contribution is -2.49. The van der Waals surface area contributed by atoms with E-state index in [1.165, 1.54) is 57.8 Å². The lowest BCUT2D eigenvalue weighted by Gasteiger charge is -2.44. The summed E-state index contributed by atoms with van der Waals surface area (Å²) in [5.74, 6) is 1.04. The minimum Gasteiger partial charge on any atom is -0.339 e. The van der Waals surface area contributed by atoms with Gasteiger partial charge in [0, 0.05) is 31.6 Å². The molecule has 148 valence electrons. The molecule has 3 amide bonds. The number of hydrogen-bond acceptors (Lipinski definition) is 2. The summed E-state index contributed by atoms with van der Waals surface area (Å²) in [5, 5.41) is 6.05. The van der Waals surface area contributed by atoms with Crippen molar-refractivity contribution < 1.29 is 9.59 Å². The van der Waals surface area contributed by atoms with Crippen LogP contribution in [-0.4, -0.2) is 42.0 Å². The Morgan fingerprint density at radius 2 is 1.54 bits per heavy atom. The van der Waals surface area contributed by atoms with E-state index < -0.39 is 0 Å². The number of nitrogens with one attached hydrogen (secondary N) is 2. The van der Waals surface area contributed by atoms with Crippen molar-refractivity contribution in [2.75, 3.05) is 13.1 Å². The van der Waals surface area contributed by atoms with Crippen LogP contribution in [0.4, 0.5) is 4.79 Å². The van der Waals surface area contributed by atoms with Crippen LogP contribution in [0.15, 0.2) is 0 Å². The lowest BCUT2D eigenvalue weighted by atomic mass is 9.78. The summed E-state index contributed by atoms with van der Waals surface area (Å²) in [4.78, 5) is 26.9. The van der Waals surface area contributed by atoms with Gasteiger partial charge in [0.1, 0.15) is 0 Å². The van der Waals surface area contributed by atoms with Gasteiger partial charge in [-0.15, -0.1) is 0 Å². The number of hydrogen-bond donors (Lipinski definition) is 2. The molecule has 5 heteroatoms. The smallest absolute Gasteiger partial charge is 0.315 e. The fraction of sp³-hybridized carbons (Fsp3) is 0.905. The number of rotatable bonds is 5. The van der Waals surface area contributed by atoms with Crippen LogP contribution in [0.5, 0.6) is 0 Å². The number of fused-ring (bicyclic) bond motifs is 1. The highest BCUT2D eigenvalue weighted by molar-refractivity contribution is 5.77. The molecule has 0 radical (unpaired) electrons. The number of carbonyl (C=O) groups is 2. The second-order valence-corrected chi connectivity index (χ2v) is 8.53. The average Bonchev–Trinajstić information content (AvgIpc) is 2.93. The minimum atomic E-state index is -0.0605. The molecule has 3 rings (SSSR count). The molecular weight excluding hydrogens is 326 g/mol. The summed E-state index contributed by atoms with van der Waals surface area (Å²) in [6.07, 6.45) is 16.1. The van der Waals surface area contributed by atoms with E-state index in [1.807, 2.05) is 0 Å². The van der Waals surface area contributed by atoms with Crippen molar-refractivity contribution >= 4 is 11.9 Å². The van der Waals surface area contributed by atoms with E-state index in [0.29, 0.717) is 31.0 Å². The van der Waals surface area contributed by atoms with E-state index >= 15 is 0 Å². The Balaban J connectivity index is 1.32. The van der Waals surface area contributed by atoms with Crippen LogP contribution in [0.2, 0.25) is 0 Å². The molecule has 0 bridgehead atoms. The first kappa shape index (κ1) is 19.5. The Morgan fingerprint density at radius 1 is 0.846 bits per heavy atom. The molecular formula is C21H37N3O2. The van der Waals surface area contributed by atoms with Gasteiger partial charge in [-0.2, -0.15) is 0 Å². The third-order valence-corrected chi connectivity index (χ3v) is 6.61. The van der Waals surface area contributed by atoms with Crippen LogP contribution in [0.1, 0.15) is 89.9 Å². The molecule has 2 saturated carbocycles. The van der Waals surface area contributed by atoms with Crippen LogP contribution in [0.3, 0.4) is 0 Å². The van der Waals surface area contributed by atoms with Gasteiger partial charge in [0.05, 0.1) is 0 Å². The largest absolute Gasteiger partial charge is 0.339 e. The van der Waals surface area contributed by atoms with Crippen LogP contribution < -0.4 is 10.6 Å². The van der Waals surface area contributed by atoms with Gasteiger partial charge < -0.3 is 15.5 Å². The molecule has 1 saturated heterocycles. The fourth-order valence-corrected chi connectivity index (χ4v) is 5.18. The molecule has 0 aromatic carbocycles. The number of likely N-dealkylation sites (tertiary alicyclic amines) is 1. The summed E-state index contributed by atoms with van der Waals surface area (Å²) >= 11 is 0. The van der Waals surface area contributed by atoms with Gasteiger partial charge in [0.15, 0.2) is 0 Å². The predicted octanol–water partition coefficient (Wildman–Crippen LogP) is 3.97. The van der Waals surface area contributed by atoms with E-state index in [0.717, 1.165) is 38.1 Å². The highest BCUT2D eigenvalue weighted by Crippen LogP contribution is 2.35. The van der Waals surface area contributed by atoms with E-state index in [2.05, 4.69) is 15.5 Å². The third-order valence-electron chi connectivity index (χ3n) is 6.61. The highest BCUT2D eigenvalue weighted by atomic mass is 16.2. The lowest BCUT2D eigenvalue weighted by molar-refractivity contribution is -0.137. The standard InChI is InChI=1S/C21H37N3O2/c25-20(24-16-8-10-17-9-5-6-13-19(17)24)14-7-15-22-21(26)23-18-11-3-1-2-4-12-18/h17-19H,1-16H2,(H2,22,23,26). The van der Waals surface area contributed by atoms with E-state index in [9.17, 15) is 9.59 Å². The average molecular weight is 364 g/mol. The molecule has 3 aliphatic rings. The molecule has 0 spiro atoms.